The molecule has 9 heteroatoms. The monoisotopic (exact) mass is 463 g/mol. The first-order valence-electron chi connectivity index (χ1n) is 11.3. The molecule has 9 nitrogen and oxygen atoms in total. The lowest BCUT2D eigenvalue weighted by Gasteiger charge is -2.34. The van der Waals surface area contributed by atoms with Crippen molar-refractivity contribution in [2.45, 2.75) is 45.3 Å². The summed E-state index contributed by atoms with van der Waals surface area (Å²) in [5.41, 5.74) is 0.715. The first-order valence-corrected chi connectivity index (χ1v) is 11.3. The third kappa shape index (κ3) is 5.92. The Hall–Kier alpha value is -3.88. The first-order chi connectivity index (χ1) is 16.3. The number of hydrogen-bond donors (Lipinski definition) is 1. The Labute approximate surface area is 198 Å². The lowest BCUT2D eigenvalue weighted by molar-refractivity contribution is 0.0187. The summed E-state index contributed by atoms with van der Waals surface area (Å²) in [4.78, 5) is 35.1. The fraction of sp³-hybridized carbons (Fsp3) is 0.360. The van der Waals surface area contributed by atoms with Crippen molar-refractivity contribution in [3.8, 4) is 11.8 Å². The van der Waals surface area contributed by atoms with Crippen molar-refractivity contribution in [2.75, 3.05) is 18.4 Å². The van der Waals surface area contributed by atoms with Gasteiger partial charge in [-0.25, -0.2) is 14.8 Å². The summed E-state index contributed by atoms with van der Waals surface area (Å²) in [5.74, 6) is 0.379. The second-order valence-corrected chi connectivity index (χ2v) is 9.11. The first kappa shape index (κ1) is 23.3. The van der Waals surface area contributed by atoms with E-state index in [2.05, 4.69) is 15.3 Å². The Morgan fingerprint density at radius 1 is 1.00 bits per heavy atom. The Balaban J connectivity index is 1.34. The number of nitrogens with zero attached hydrogens (tertiary/aromatic N) is 4. The van der Waals surface area contributed by atoms with Crippen molar-refractivity contribution < 1.29 is 19.1 Å². The average molecular weight is 464 g/mol. The van der Waals surface area contributed by atoms with Crippen LogP contribution in [-0.4, -0.2) is 50.1 Å². The number of anilines is 1. The van der Waals surface area contributed by atoms with Crippen LogP contribution in [0, 0.1) is 0 Å². The second kappa shape index (κ2) is 9.94. The number of hydrogen-bond acceptors (Lipinski definition) is 6. The smallest absolute Gasteiger partial charge is 0.410 e. The molecule has 1 fully saturated rings. The van der Waals surface area contributed by atoms with E-state index in [9.17, 15) is 9.59 Å². The normalized spacial score (nSPS) is 14.5. The van der Waals surface area contributed by atoms with Crippen molar-refractivity contribution in [1.82, 2.24) is 19.4 Å². The molecule has 0 saturated carbocycles. The van der Waals surface area contributed by atoms with Crippen LogP contribution in [0.1, 0.15) is 50.1 Å². The van der Waals surface area contributed by atoms with Gasteiger partial charge in [-0.1, -0.05) is 0 Å². The number of ether oxygens (including phenoxy) is 2. The van der Waals surface area contributed by atoms with E-state index in [0.717, 1.165) is 12.8 Å². The fourth-order valence-electron chi connectivity index (χ4n) is 3.80. The molecular formula is C25H29N5O4. The van der Waals surface area contributed by atoms with Crippen LogP contribution < -0.4 is 10.1 Å². The Kier molecular flexibility index (Phi) is 6.81. The number of aromatic nitrogens is 3. The highest BCUT2D eigenvalue weighted by molar-refractivity contribution is 6.03. The van der Waals surface area contributed by atoms with Gasteiger partial charge in [-0.2, -0.15) is 0 Å². The molecule has 0 atom stereocenters. The molecule has 2 aromatic heterocycles. The van der Waals surface area contributed by atoms with Crippen LogP contribution in [0.3, 0.4) is 0 Å². The van der Waals surface area contributed by atoms with E-state index < -0.39 is 5.60 Å². The molecule has 0 bridgehead atoms. The predicted octanol–water partition coefficient (Wildman–Crippen LogP) is 4.89. The quantitative estimate of drug-likeness (QED) is 0.578. The molecule has 1 saturated heterocycles. The van der Waals surface area contributed by atoms with Gasteiger partial charge in [-0.05, 0) is 76.1 Å². The summed E-state index contributed by atoms with van der Waals surface area (Å²) in [7, 11) is 0. The molecule has 4 rings (SSSR count). The van der Waals surface area contributed by atoms with Crippen molar-refractivity contribution in [2.24, 2.45) is 0 Å². The van der Waals surface area contributed by atoms with Gasteiger partial charge in [-0.15, -0.1) is 0 Å². The van der Waals surface area contributed by atoms with Gasteiger partial charge in [0.2, 0.25) is 0 Å². The standard InChI is InChI=1S/C25H29N5O4/c1-25(2,3)34-24(32)29-16-11-19(12-17-29)30-15-4-6-21(30)22(31)28-18-7-9-20(10-8-18)33-23-26-13-5-14-27-23/h4-10,13-15,19H,11-12,16-17H2,1-3H3,(H,28,31). The molecule has 3 aromatic rings. The van der Waals surface area contributed by atoms with Gasteiger partial charge in [-0.3, -0.25) is 4.79 Å². The summed E-state index contributed by atoms with van der Waals surface area (Å²) in [6.07, 6.45) is 6.34. The van der Waals surface area contributed by atoms with Crippen molar-refractivity contribution >= 4 is 17.7 Å². The summed E-state index contributed by atoms with van der Waals surface area (Å²) in [5, 5.41) is 2.94. The van der Waals surface area contributed by atoms with Crippen LogP contribution in [0.4, 0.5) is 10.5 Å². The molecule has 0 unspecified atom stereocenters. The van der Waals surface area contributed by atoms with E-state index in [0.29, 0.717) is 30.2 Å². The number of carbonyl (C=O) groups excluding carboxylic acids is 2. The summed E-state index contributed by atoms with van der Waals surface area (Å²) in [6.45, 7) is 6.76. The number of carbonyl (C=O) groups is 2. The lowest BCUT2D eigenvalue weighted by Crippen LogP contribution is -2.42. The maximum atomic E-state index is 13.0. The zero-order valence-corrected chi connectivity index (χ0v) is 19.6. The largest absolute Gasteiger partial charge is 0.444 e. The van der Waals surface area contributed by atoms with Crippen LogP contribution in [0.15, 0.2) is 61.1 Å². The molecule has 0 spiro atoms. The summed E-state index contributed by atoms with van der Waals surface area (Å²) >= 11 is 0. The molecule has 1 N–H and O–H groups in total. The van der Waals surface area contributed by atoms with E-state index in [1.54, 1.807) is 53.7 Å². The Morgan fingerprint density at radius 3 is 2.32 bits per heavy atom. The van der Waals surface area contributed by atoms with Crippen LogP contribution in [0.25, 0.3) is 0 Å². The van der Waals surface area contributed by atoms with Crippen molar-refractivity contribution in [3.05, 3.63) is 66.7 Å². The molecule has 0 aliphatic carbocycles. The lowest BCUT2D eigenvalue weighted by atomic mass is 10.0. The molecule has 1 aliphatic heterocycles. The number of piperidine rings is 1. The van der Waals surface area contributed by atoms with Gasteiger partial charge in [0.15, 0.2) is 0 Å². The third-order valence-corrected chi connectivity index (χ3v) is 5.38. The van der Waals surface area contributed by atoms with E-state index >= 15 is 0 Å². The van der Waals surface area contributed by atoms with Gasteiger partial charge < -0.3 is 24.3 Å². The second-order valence-electron chi connectivity index (χ2n) is 9.11. The predicted molar refractivity (Wildman–Crippen MR) is 127 cm³/mol. The van der Waals surface area contributed by atoms with Gasteiger partial charge in [0, 0.05) is 43.4 Å². The van der Waals surface area contributed by atoms with Gasteiger partial charge in [0.1, 0.15) is 17.0 Å². The van der Waals surface area contributed by atoms with E-state index in [-0.39, 0.29) is 24.1 Å². The third-order valence-electron chi connectivity index (χ3n) is 5.38. The maximum absolute atomic E-state index is 13.0. The average Bonchev–Trinajstić information content (AvgIpc) is 3.30. The summed E-state index contributed by atoms with van der Waals surface area (Å²) < 4.78 is 13.1. The van der Waals surface area contributed by atoms with Crippen LogP contribution in [0.2, 0.25) is 0 Å². The number of rotatable bonds is 5. The molecule has 178 valence electrons. The SMILES string of the molecule is CC(C)(C)OC(=O)N1CCC(n2cccc2C(=O)Nc2ccc(Oc3ncccn3)cc2)CC1. The van der Waals surface area contributed by atoms with Crippen LogP contribution in [-0.2, 0) is 4.74 Å². The summed E-state index contributed by atoms with van der Waals surface area (Å²) in [6, 6.07) is 12.8. The molecule has 1 aliphatic rings. The fourth-order valence-corrected chi connectivity index (χ4v) is 3.80. The van der Waals surface area contributed by atoms with E-state index in [1.807, 2.05) is 37.6 Å². The highest BCUT2D eigenvalue weighted by atomic mass is 16.6. The number of benzene rings is 1. The Bertz CT molecular complexity index is 1110. The highest BCUT2D eigenvalue weighted by Crippen LogP contribution is 2.26. The molecule has 2 amide bonds. The zero-order valence-electron chi connectivity index (χ0n) is 19.6. The van der Waals surface area contributed by atoms with Crippen molar-refractivity contribution in [1.29, 1.82) is 0 Å². The van der Waals surface area contributed by atoms with E-state index in [1.165, 1.54) is 0 Å². The van der Waals surface area contributed by atoms with Crippen LogP contribution in [0.5, 0.6) is 11.8 Å². The van der Waals surface area contributed by atoms with Crippen LogP contribution >= 0.6 is 0 Å². The molecule has 0 radical (unpaired) electrons. The van der Waals surface area contributed by atoms with Gasteiger partial charge in [0.25, 0.3) is 5.91 Å². The van der Waals surface area contributed by atoms with Gasteiger partial charge in [0.05, 0.1) is 0 Å². The van der Waals surface area contributed by atoms with E-state index in [4.69, 9.17) is 9.47 Å². The zero-order chi connectivity index (χ0) is 24.1. The molecule has 3 heterocycles. The molecular weight excluding hydrogens is 434 g/mol. The minimum atomic E-state index is -0.515. The number of likely N-dealkylation sites (tertiary alicyclic amines) is 1. The minimum absolute atomic E-state index is 0.135. The number of amides is 2. The molecule has 34 heavy (non-hydrogen) atoms. The number of nitrogens with one attached hydrogen (secondary N) is 1. The molecule has 1 aromatic carbocycles. The Morgan fingerprint density at radius 2 is 1.68 bits per heavy atom. The van der Waals surface area contributed by atoms with Crippen molar-refractivity contribution in [3.63, 3.8) is 0 Å². The van der Waals surface area contributed by atoms with Gasteiger partial charge >= 0.3 is 12.1 Å². The minimum Gasteiger partial charge on any atom is -0.444 e. The topological polar surface area (TPSA) is 98.6 Å². The maximum Gasteiger partial charge on any atom is 0.410 e. The highest BCUT2D eigenvalue weighted by Gasteiger charge is 2.28.